The van der Waals surface area contributed by atoms with E-state index < -0.39 is 31.9 Å². The van der Waals surface area contributed by atoms with Gasteiger partial charge in [0.05, 0.1) is 9.79 Å². The predicted molar refractivity (Wildman–Crippen MR) is 170 cm³/mol. The Morgan fingerprint density at radius 2 is 0.909 bits per heavy atom. The zero-order valence-corrected chi connectivity index (χ0v) is 26.5. The van der Waals surface area contributed by atoms with E-state index in [1.54, 1.807) is 24.3 Å². The van der Waals surface area contributed by atoms with Gasteiger partial charge >= 0.3 is 0 Å². The zero-order chi connectivity index (χ0) is 31.5. The Morgan fingerprint density at radius 1 is 0.568 bits per heavy atom. The molecule has 2 amide bonds. The lowest BCUT2D eigenvalue weighted by Gasteiger charge is -2.32. The number of piperidine rings is 2. The molecule has 0 aromatic heterocycles. The second-order valence-corrected chi connectivity index (χ2v) is 15.2. The second kappa shape index (κ2) is 13.2. The highest BCUT2D eigenvalue weighted by molar-refractivity contribution is 7.89. The second-order valence-electron chi connectivity index (χ2n) is 11.5. The first-order valence-corrected chi connectivity index (χ1v) is 17.8. The van der Waals surface area contributed by atoms with Crippen molar-refractivity contribution in [1.82, 2.24) is 8.61 Å². The van der Waals surface area contributed by atoms with Gasteiger partial charge in [-0.15, -0.1) is 0 Å². The topological polar surface area (TPSA) is 133 Å². The van der Waals surface area contributed by atoms with Crippen LogP contribution in [-0.4, -0.2) is 62.4 Å². The number of nitrogens with zero attached hydrogens (tertiary/aromatic N) is 2. The van der Waals surface area contributed by atoms with Crippen LogP contribution in [0.5, 0.6) is 0 Å². The molecule has 44 heavy (non-hydrogen) atoms. The molecular formula is C32H38N4O6S2. The molecule has 0 aliphatic carbocycles. The number of hydrogen-bond acceptors (Lipinski definition) is 6. The Labute approximate surface area is 259 Å². The van der Waals surface area contributed by atoms with Gasteiger partial charge in [0, 0.05) is 47.7 Å². The Kier molecular flexibility index (Phi) is 9.54. The zero-order valence-electron chi connectivity index (χ0n) is 24.9. The van der Waals surface area contributed by atoms with E-state index >= 15 is 0 Å². The van der Waals surface area contributed by atoms with Crippen LogP contribution >= 0.6 is 0 Å². The van der Waals surface area contributed by atoms with Gasteiger partial charge in [0.15, 0.2) is 0 Å². The summed E-state index contributed by atoms with van der Waals surface area (Å²) in [6, 6.07) is 18.3. The number of rotatable bonds is 8. The molecular weight excluding hydrogens is 601 g/mol. The lowest BCUT2D eigenvalue weighted by Crippen LogP contribution is -2.41. The highest BCUT2D eigenvalue weighted by Crippen LogP contribution is 2.27. The SMILES string of the molecule is C[C@@H]1CCCCN1S(=O)(=O)c1ccc(C(=O)Nc2ccc(NC(=O)c3ccc(S(=O)(=O)N4CCCC[C@H]4C)cc3)cc2)cc1. The van der Waals surface area contributed by atoms with Crippen molar-refractivity contribution >= 4 is 43.2 Å². The van der Waals surface area contributed by atoms with Gasteiger partial charge in [-0.2, -0.15) is 8.61 Å². The summed E-state index contributed by atoms with van der Waals surface area (Å²) in [7, 11) is -7.25. The molecule has 5 rings (SSSR count). The molecule has 3 aromatic rings. The summed E-state index contributed by atoms with van der Waals surface area (Å²) in [4.78, 5) is 25.9. The van der Waals surface area contributed by atoms with Crippen molar-refractivity contribution in [2.45, 2.75) is 74.2 Å². The van der Waals surface area contributed by atoms with Crippen LogP contribution < -0.4 is 10.6 Å². The van der Waals surface area contributed by atoms with Crippen molar-refractivity contribution in [3.8, 4) is 0 Å². The van der Waals surface area contributed by atoms with Gasteiger partial charge in [-0.1, -0.05) is 12.8 Å². The van der Waals surface area contributed by atoms with Crippen molar-refractivity contribution in [3.63, 3.8) is 0 Å². The van der Waals surface area contributed by atoms with Crippen molar-refractivity contribution in [2.24, 2.45) is 0 Å². The summed E-state index contributed by atoms with van der Waals surface area (Å²) in [5.74, 6) is -0.794. The van der Waals surface area contributed by atoms with E-state index in [0.717, 1.165) is 38.5 Å². The molecule has 12 heteroatoms. The number of benzene rings is 3. The standard InChI is InChI=1S/C32H38N4O6S2/c1-23-7-3-5-21-35(23)43(39,40)29-17-9-25(10-18-29)31(37)33-27-13-15-28(16-14-27)34-32(38)26-11-19-30(20-12-26)44(41,42)36-22-6-4-8-24(36)2/h9-20,23-24H,3-8,21-22H2,1-2H3,(H,33,37)(H,34,38)/t23-,24-/m1/s1. The van der Waals surface area contributed by atoms with Crippen LogP contribution in [0.25, 0.3) is 0 Å². The van der Waals surface area contributed by atoms with Gasteiger partial charge in [0.1, 0.15) is 0 Å². The minimum Gasteiger partial charge on any atom is -0.322 e. The number of hydrogen-bond donors (Lipinski definition) is 2. The summed E-state index contributed by atoms with van der Waals surface area (Å²) >= 11 is 0. The number of anilines is 2. The molecule has 2 aliphatic rings. The maximum atomic E-state index is 13.1. The fourth-order valence-corrected chi connectivity index (χ4v) is 9.13. The molecule has 2 fully saturated rings. The van der Waals surface area contributed by atoms with E-state index in [4.69, 9.17) is 0 Å². The third-order valence-corrected chi connectivity index (χ3v) is 12.4. The Hall–Kier alpha value is -3.58. The number of sulfonamides is 2. The van der Waals surface area contributed by atoms with Crippen LogP contribution in [0.2, 0.25) is 0 Å². The summed E-state index contributed by atoms with van der Waals surface area (Å²) < 4.78 is 55.3. The van der Waals surface area contributed by atoms with Crippen LogP contribution in [0.3, 0.4) is 0 Å². The van der Waals surface area contributed by atoms with Crippen LogP contribution in [0.1, 0.15) is 73.1 Å². The first kappa shape index (κ1) is 31.8. The minimum atomic E-state index is -3.62. The van der Waals surface area contributed by atoms with E-state index in [2.05, 4.69) is 10.6 Å². The summed E-state index contributed by atoms with van der Waals surface area (Å²) in [5, 5.41) is 5.55. The Morgan fingerprint density at radius 3 is 1.23 bits per heavy atom. The molecule has 3 aromatic carbocycles. The molecule has 0 spiro atoms. The molecule has 0 saturated carbocycles. The Balaban J connectivity index is 1.17. The number of carbonyl (C=O) groups is 2. The smallest absolute Gasteiger partial charge is 0.255 e. The van der Waals surface area contributed by atoms with Gasteiger partial charge in [-0.25, -0.2) is 16.8 Å². The molecule has 0 radical (unpaired) electrons. The third kappa shape index (κ3) is 6.88. The van der Waals surface area contributed by atoms with E-state index in [9.17, 15) is 26.4 Å². The van der Waals surface area contributed by atoms with Gasteiger partial charge in [0.2, 0.25) is 20.0 Å². The van der Waals surface area contributed by atoms with Crippen LogP contribution in [0, 0.1) is 0 Å². The minimum absolute atomic E-state index is 0.0535. The largest absolute Gasteiger partial charge is 0.322 e. The van der Waals surface area contributed by atoms with Gasteiger partial charge in [-0.05, 0) is 112 Å². The summed E-state index contributed by atoms with van der Waals surface area (Å²) in [6.45, 7) is 4.82. The van der Waals surface area contributed by atoms with Crippen molar-refractivity contribution in [1.29, 1.82) is 0 Å². The van der Waals surface area contributed by atoms with Crippen molar-refractivity contribution in [3.05, 3.63) is 83.9 Å². The monoisotopic (exact) mass is 638 g/mol. The van der Waals surface area contributed by atoms with Crippen LogP contribution in [0.15, 0.2) is 82.6 Å². The average Bonchev–Trinajstić information content (AvgIpc) is 3.02. The molecule has 2 aliphatic heterocycles. The van der Waals surface area contributed by atoms with E-state index in [1.165, 1.54) is 57.1 Å². The quantitative estimate of drug-likeness (QED) is 0.343. The highest BCUT2D eigenvalue weighted by atomic mass is 32.2. The number of amides is 2. The van der Waals surface area contributed by atoms with Crippen LogP contribution in [0.4, 0.5) is 11.4 Å². The third-order valence-electron chi connectivity index (χ3n) is 8.33. The first-order chi connectivity index (χ1) is 21.0. The van der Waals surface area contributed by atoms with Crippen LogP contribution in [-0.2, 0) is 20.0 Å². The van der Waals surface area contributed by atoms with Crippen molar-refractivity contribution < 1.29 is 26.4 Å². The number of carbonyl (C=O) groups excluding carboxylic acids is 2. The molecule has 10 nitrogen and oxygen atoms in total. The predicted octanol–water partition coefficient (Wildman–Crippen LogP) is 5.32. The highest BCUT2D eigenvalue weighted by Gasteiger charge is 2.32. The van der Waals surface area contributed by atoms with Crippen molar-refractivity contribution in [2.75, 3.05) is 23.7 Å². The number of nitrogens with one attached hydrogen (secondary N) is 2. The Bertz CT molecular complexity index is 1580. The normalized spacial score (nSPS) is 20.1. The molecule has 2 saturated heterocycles. The molecule has 2 heterocycles. The lowest BCUT2D eigenvalue weighted by molar-refractivity contribution is 0.101. The molecule has 2 atom stereocenters. The van der Waals surface area contributed by atoms with Gasteiger partial charge < -0.3 is 10.6 Å². The molecule has 0 bridgehead atoms. The summed E-state index contributed by atoms with van der Waals surface area (Å²) in [5.41, 5.74) is 1.61. The maximum absolute atomic E-state index is 13.1. The van der Waals surface area contributed by atoms with E-state index in [-0.39, 0.29) is 21.9 Å². The van der Waals surface area contributed by atoms with E-state index in [0.29, 0.717) is 35.6 Å². The fraction of sp³-hybridized carbons (Fsp3) is 0.375. The summed E-state index contributed by atoms with van der Waals surface area (Å²) in [6.07, 6.45) is 5.37. The first-order valence-electron chi connectivity index (χ1n) is 14.9. The van der Waals surface area contributed by atoms with Gasteiger partial charge in [-0.3, -0.25) is 9.59 Å². The maximum Gasteiger partial charge on any atom is 0.255 e. The molecule has 234 valence electrons. The fourth-order valence-electron chi connectivity index (χ4n) is 5.73. The lowest BCUT2D eigenvalue weighted by atomic mass is 10.1. The van der Waals surface area contributed by atoms with Gasteiger partial charge in [0.25, 0.3) is 11.8 Å². The molecule has 2 N–H and O–H groups in total. The molecule has 0 unspecified atom stereocenters. The average molecular weight is 639 g/mol. The van der Waals surface area contributed by atoms with E-state index in [1.807, 2.05) is 13.8 Å².